The van der Waals surface area contributed by atoms with Gasteiger partial charge in [-0.15, -0.1) is 0 Å². The molecule has 0 amide bonds. The summed E-state index contributed by atoms with van der Waals surface area (Å²) >= 11 is 0. The number of unbranched alkanes of at least 4 members (excludes halogenated alkanes) is 10. The fourth-order valence-corrected chi connectivity index (χ4v) is 3.56. The second-order valence-electron chi connectivity index (χ2n) is 7.90. The number of hydrogen-bond donors (Lipinski definition) is 1. The van der Waals surface area contributed by atoms with Gasteiger partial charge in [0.25, 0.3) is 0 Å². The maximum atomic E-state index is 13.1. The molecule has 0 spiro atoms. The molecule has 1 aromatic carbocycles. The molecule has 3 heteroatoms. The van der Waals surface area contributed by atoms with Gasteiger partial charge in [0.05, 0.1) is 6.10 Å². The summed E-state index contributed by atoms with van der Waals surface area (Å²) in [4.78, 5) is 2.41. The Morgan fingerprint density at radius 1 is 0.741 bits per heavy atom. The summed E-state index contributed by atoms with van der Waals surface area (Å²) in [6, 6.07) is 6.27. The first-order valence-corrected chi connectivity index (χ1v) is 11.3. The van der Waals surface area contributed by atoms with Crippen LogP contribution in [0.15, 0.2) is 24.3 Å². The van der Waals surface area contributed by atoms with Crippen LogP contribution in [0.4, 0.5) is 4.39 Å². The van der Waals surface area contributed by atoms with Crippen molar-refractivity contribution in [2.45, 2.75) is 97.0 Å². The molecule has 2 nitrogen and oxygen atoms in total. The van der Waals surface area contributed by atoms with Gasteiger partial charge < -0.3 is 10.0 Å². The maximum Gasteiger partial charge on any atom is 0.123 e. The first kappa shape index (κ1) is 24.1. The van der Waals surface area contributed by atoms with E-state index in [9.17, 15) is 9.50 Å². The molecule has 0 bridgehead atoms. The molecule has 0 aromatic heterocycles. The number of rotatable bonds is 17. The Bertz CT molecular complexity index is 432. The van der Waals surface area contributed by atoms with Gasteiger partial charge in [-0.2, -0.15) is 0 Å². The van der Waals surface area contributed by atoms with E-state index in [2.05, 4.69) is 18.7 Å². The molecule has 0 saturated heterocycles. The summed E-state index contributed by atoms with van der Waals surface area (Å²) in [5, 5.41) is 10.6. The minimum atomic E-state index is -0.536. The third-order valence-corrected chi connectivity index (χ3v) is 5.34. The van der Waals surface area contributed by atoms with E-state index in [1.165, 1.54) is 89.2 Å². The third kappa shape index (κ3) is 12.2. The highest BCUT2D eigenvalue weighted by molar-refractivity contribution is 5.18. The van der Waals surface area contributed by atoms with Crippen molar-refractivity contribution in [2.24, 2.45) is 0 Å². The number of aliphatic hydroxyl groups is 1. The number of halogens is 1. The van der Waals surface area contributed by atoms with Crippen LogP contribution >= 0.6 is 0 Å². The molecule has 1 rings (SSSR count). The average Bonchev–Trinajstić information content (AvgIpc) is 2.67. The van der Waals surface area contributed by atoms with Gasteiger partial charge in [-0.05, 0) is 43.6 Å². The van der Waals surface area contributed by atoms with Gasteiger partial charge in [0.15, 0.2) is 0 Å². The van der Waals surface area contributed by atoms with Gasteiger partial charge in [0.2, 0.25) is 0 Å². The Labute approximate surface area is 167 Å². The van der Waals surface area contributed by atoms with E-state index in [4.69, 9.17) is 0 Å². The quantitative estimate of drug-likeness (QED) is 0.298. The van der Waals surface area contributed by atoms with Crippen molar-refractivity contribution in [1.29, 1.82) is 0 Å². The summed E-state index contributed by atoms with van der Waals surface area (Å²) in [6.07, 6.45) is 15.0. The molecular formula is C24H42FNO. The fourth-order valence-electron chi connectivity index (χ4n) is 3.56. The number of hydrogen-bond acceptors (Lipinski definition) is 2. The second-order valence-corrected chi connectivity index (χ2v) is 7.90. The molecular weight excluding hydrogens is 337 g/mol. The normalized spacial score (nSPS) is 12.6. The van der Waals surface area contributed by atoms with E-state index in [0.29, 0.717) is 6.54 Å². The van der Waals surface area contributed by atoms with E-state index < -0.39 is 6.10 Å². The summed E-state index contributed by atoms with van der Waals surface area (Å²) in [5.41, 5.74) is 0.812. The van der Waals surface area contributed by atoms with E-state index in [0.717, 1.165) is 18.7 Å². The van der Waals surface area contributed by atoms with Crippen LogP contribution in [-0.2, 0) is 0 Å². The molecule has 0 saturated carbocycles. The molecule has 0 aliphatic heterocycles. The Hall–Kier alpha value is -0.930. The van der Waals surface area contributed by atoms with Crippen molar-refractivity contribution in [1.82, 2.24) is 4.90 Å². The molecule has 1 atom stereocenters. The highest BCUT2D eigenvalue weighted by Crippen LogP contribution is 2.17. The van der Waals surface area contributed by atoms with Gasteiger partial charge >= 0.3 is 0 Å². The number of aliphatic hydroxyl groups excluding tert-OH is 1. The van der Waals surface area contributed by atoms with Gasteiger partial charge in [0.1, 0.15) is 5.82 Å². The van der Waals surface area contributed by atoms with Crippen LogP contribution in [-0.4, -0.2) is 29.6 Å². The van der Waals surface area contributed by atoms with Crippen molar-refractivity contribution < 1.29 is 9.50 Å². The highest BCUT2D eigenvalue weighted by Gasteiger charge is 2.13. The summed E-state index contributed by atoms with van der Waals surface area (Å²) < 4.78 is 13.1. The lowest BCUT2D eigenvalue weighted by Crippen LogP contribution is -2.31. The Morgan fingerprint density at radius 3 is 1.67 bits per heavy atom. The lowest BCUT2D eigenvalue weighted by molar-refractivity contribution is 0.110. The van der Waals surface area contributed by atoms with Crippen molar-refractivity contribution in [3.8, 4) is 0 Å². The van der Waals surface area contributed by atoms with Crippen molar-refractivity contribution in [3.05, 3.63) is 35.6 Å². The van der Waals surface area contributed by atoms with E-state index in [1.807, 2.05) is 0 Å². The monoisotopic (exact) mass is 379 g/mol. The van der Waals surface area contributed by atoms with E-state index in [-0.39, 0.29) is 5.82 Å². The predicted molar refractivity (Wildman–Crippen MR) is 115 cm³/mol. The molecule has 0 aliphatic carbocycles. The lowest BCUT2D eigenvalue weighted by Gasteiger charge is -2.25. The zero-order valence-electron chi connectivity index (χ0n) is 17.8. The van der Waals surface area contributed by atoms with E-state index in [1.54, 1.807) is 12.1 Å². The SMILES string of the molecule is CCCCCCCCN(CCCCCCCC)C[C@@H](O)c1ccc(F)cc1. The number of benzene rings is 1. The van der Waals surface area contributed by atoms with Crippen LogP contribution < -0.4 is 0 Å². The standard InChI is InChI=1S/C24H42FNO/c1-3-5-7-9-11-13-19-26(20-14-12-10-8-6-4-2)21-24(27)22-15-17-23(25)18-16-22/h15-18,24,27H,3-14,19-21H2,1-2H3/t24-/m1/s1. The smallest absolute Gasteiger partial charge is 0.123 e. The predicted octanol–water partition coefficient (Wildman–Crippen LogP) is 6.88. The molecule has 0 heterocycles. The molecule has 0 unspecified atom stereocenters. The maximum absolute atomic E-state index is 13.1. The summed E-state index contributed by atoms with van der Waals surface area (Å²) in [7, 11) is 0. The van der Waals surface area contributed by atoms with Crippen molar-refractivity contribution >= 4 is 0 Å². The van der Waals surface area contributed by atoms with Gasteiger partial charge in [0, 0.05) is 6.54 Å². The Kier molecular flexibility index (Phi) is 14.3. The lowest BCUT2D eigenvalue weighted by atomic mass is 10.1. The summed E-state index contributed by atoms with van der Waals surface area (Å²) in [5.74, 6) is -0.248. The van der Waals surface area contributed by atoms with Gasteiger partial charge in [-0.25, -0.2) is 4.39 Å². The highest BCUT2D eigenvalue weighted by atomic mass is 19.1. The van der Waals surface area contributed by atoms with Crippen LogP contribution in [0.1, 0.15) is 103 Å². The van der Waals surface area contributed by atoms with Crippen LogP contribution in [0.5, 0.6) is 0 Å². The summed E-state index contributed by atoms with van der Waals surface area (Å²) in [6.45, 7) is 7.26. The Balaban J connectivity index is 2.39. The molecule has 0 radical (unpaired) electrons. The van der Waals surface area contributed by atoms with Crippen molar-refractivity contribution in [3.63, 3.8) is 0 Å². The van der Waals surface area contributed by atoms with Gasteiger partial charge in [-0.1, -0.05) is 90.2 Å². The first-order valence-electron chi connectivity index (χ1n) is 11.3. The Morgan fingerprint density at radius 2 is 1.19 bits per heavy atom. The van der Waals surface area contributed by atoms with Gasteiger partial charge in [-0.3, -0.25) is 0 Å². The molecule has 27 heavy (non-hydrogen) atoms. The minimum Gasteiger partial charge on any atom is -0.387 e. The molecule has 156 valence electrons. The molecule has 0 aliphatic rings. The van der Waals surface area contributed by atoms with E-state index >= 15 is 0 Å². The molecule has 1 N–H and O–H groups in total. The van der Waals surface area contributed by atoms with Crippen LogP contribution in [0, 0.1) is 5.82 Å². The number of nitrogens with zero attached hydrogens (tertiary/aromatic N) is 1. The first-order chi connectivity index (χ1) is 13.2. The zero-order valence-corrected chi connectivity index (χ0v) is 17.8. The molecule has 0 fully saturated rings. The van der Waals surface area contributed by atoms with Crippen LogP contribution in [0.2, 0.25) is 0 Å². The van der Waals surface area contributed by atoms with Crippen LogP contribution in [0.3, 0.4) is 0 Å². The molecule has 1 aromatic rings. The second kappa shape index (κ2) is 16.1. The average molecular weight is 380 g/mol. The third-order valence-electron chi connectivity index (χ3n) is 5.34. The van der Waals surface area contributed by atoms with Crippen molar-refractivity contribution in [2.75, 3.05) is 19.6 Å². The topological polar surface area (TPSA) is 23.5 Å². The zero-order chi connectivity index (χ0) is 19.7. The van der Waals surface area contributed by atoms with Crippen LogP contribution in [0.25, 0.3) is 0 Å². The largest absolute Gasteiger partial charge is 0.387 e. The minimum absolute atomic E-state index is 0.248. The fraction of sp³-hybridized carbons (Fsp3) is 0.750.